The van der Waals surface area contributed by atoms with Crippen molar-refractivity contribution in [2.75, 3.05) is 13.2 Å². The van der Waals surface area contributed by atoms with Gasteiger partial charge in [0.2, 0.25) is 0 Å². The number of cyclic esters (lactones) is 1. The van der Waals surface area contributed by atoms with E-state index in [1.165, 1.54) is 19.1 Å². The Hall–Kier alpha value is -4.91. The van der Waals surface area contributed by atoms with Crippen LogP contribution in [0.3, 0.4) is 0 Å². The van der Waals surface area contributed by atoms with E-state index in [9.17, 15) is 19.2 Å². The minimum atomic E-state index is -5.69. The number of amides is 3. The number of nitrogens with zero attached hydrogens (tertiary/aromatic N) is 1. The number of halogens is 3. The van der Waals surface area contributed by atoms with E-state index in [1.807, 2.05) is 0 Å². The summed E-state index contributed by atoms with van der Waals surface area (Å²) in [5.74, 6) is -3.60. The molecule has 238 valence electrons. The van der Waals surface area contributed by atoms with E-state index in [2.05, 4.69) is 0 Å². The molecule has 13 heteroatoms. The molecular weight excluding hydrogens is 597 g/mol. The van der Waals surface area contributed by atoms with E-state index in [0.29, 0.717) is 21.6 Å². The van der Waals surface area contributed by atoms with Gasteiger partial charge in [-0.05, 0) is 30.0 Å². The molecule has 45 heavy (non-hydrogen) atoms. The van der Waals surface area contributed by atoms with E-state index in [1.54, 1.807) is 84.2 Å². The molecule has 1 fully saturated rings. The lowest BCUT2D eigenvalue weighted by Crippen LogP contribution is -2.74. The van der Waals surface area contributed by atoms with E-state index < -0.39 is 67.7 Å². The number of carbonyl (C=O) groups excluding carboxylic acids is 4. The lowest BCUT2D eigenvalue weighted by atomic mass is 9.89. The topological polar surface area (TPSA) is 120 Å². The van der Waals surface area contributed by atoms with Crippen molar-refractivity contribution in [3.05, 3.63) is 108 Å². The maximum Gasteiger partial charge on any atom is 0.425 e. The SMILES string of the molecule is CCOC(=O)[C@@](NC(=O)OCc1ccccc1)([C@@H](OCc1ccccc1)C(=O)N1C(=O)OC[C@@H]1Cc1ccccc1)C(F)(F)F. The summed E-state index contributed by atoms with van der Waals surface area (Å²) in [5.41, 5.74) is -2.69. The summed E-state index contributed by atoms with van der Waals surface area (Å²) in [4.78, 5) is 53.8. The highest BCUT2D eigenvalue weighted by atomic mass is 19.4. The third-order valence-corrected chi connectivity index (χ3v) is 6.95. The van der Waals surface area contributed by atoms with Crippen LogP contribution in [0, 0.1) is 0 Å². The van der Waals surface area contributed by atoms with Crippen LogP contribution in [0.25, 0.3) is 0 Å². The lowest BCUT2D eigenvalue weighted by molar-refractivity contribution is -0.239. The Bertz CT molecular complexity index is 1460. The van der Waals surface area contributed by atoms with E-state index in [-0.39, 0.29) is 13.0 Å². The minimum absolute atomic E-state index is 0.0364. The average Bonchev–Trinajstić information content (AvgIpc) is 3.39. The summed E-state index contributed by atoms with van der Waals surface area (Å²) < 4.78 is 66.4. The number of imide groups is 1. The molecule has 3 aromatic carbocycles. The molecule has 0 bridgehead atoms. The van der Waals surface area contributed by atoms with Crippen molar-refractivity contribution in [2.45, 2.75) is 50.4 Å². The first kappa shape index (κ1) is 33.0. The monoisotopic (exact) mass is 628 g/mol. The molecule has 0 unspecified atom stereocenters. The van der Waals surface area contributed by atoms with Crippen LogP contribution in [-0.2, 0) is 48.2 Å². The van der Waals surface area contributed by atoms with Crippen molar-refractivity contribution < 1.29 is 51.3 Å². The maximum absolute atomic E-state index is 15.3. The Morgan fingerprint density at radius 2 is 1.40 bits per heavy atom. The van der Waals surface area contributed by atoms with Gasteiger partial charge in [0, 0.05) is 0 Å². The van der Waals surface area contributed by atoms with Crippen molar-refractivity contribution in [2.24, 2.45) is 0 Å². The Kier molecular flexibility index (Phi) is 10.8. The van der Waals surface area contributed by atoms with Crippen molar-refractivity contribution in [1.29, 1.82) is 0 Å². The molecule has 0 spiro atoms. The number of carbonyl (C=O) groups is 4. The van der Waals surface area contributed by atoms with Gasteiger partial charge >= 0.3 is 24.3 Å². The maximum atomic E-state index is 15.3. The largest absolute Gasteiger partial charge is 0.464 e. The summed E-state index contributed by atoms with van der Waals surface area (Å²) in [6.45, 7) is -0.677. The first-order valence-corrected chi connectivity index (χ1v) is 14.0. The van der Waals surface area contributed by atoms with Gasteiger partial charge in [-0.15, -0.1) is 0 Å². The zero-order valence-corrected chi connectivity index (χ0v) is 24.2. The molecule has 0 aliphatic carbocycles. The number of rotatable bonds is 12. The standard InChI is InChI=1S/C32H31F3N2O8/c1-2-42-28(39)31(32(33,34)35,36-29(40)44-20-24-16-10-5-11-17-24)26(43-19-23-14-8-4-9-15-23)27(38)37-25(21-45-30(37)41)18-22-12-6-3-7-13-22/h3-17,25-26H,2,18-21H2,1H3,(H,36,40)/t25-,26-,31-/m0/s1. The molecule has 3 aromatic rings. The molecular formula is C32H31F3N2O8. The van der Waals surface area contributed by atoms with Gasteiger partial charge in [-0.25, -0.2) is 19.3 Å². The van der Waals surface area contributed by atoms with Gasteiger partial charge in [-0.3, -0.25) is 10.1 Å². The van der Waals surface area contributed by atoms with Crippen LogP contribution >= 0.6 is 0 Å². The van der Waals surface area contributed by atoms with Crippen molar-refractivity contribution in [3.8, 4) is 0 Å². The fourth-order valence-corrected chi connectivity index (χ4v) is 4.75. The molecule has 4 rings (SSSR count). The van der Waals surface area contributed by atoms with Gasteiger partial charge in [0.25, 0.3) is 11.4 Å². The quantitative estimate of drug-likeness (QED) is 0.221. The van der Waals surface area contributed by atoms with Crippen LogP contribution in [0.2, 0.25) is 0 Å². The summed E-state index contributed by atoms with van der Waals surface area (Å²) in [6, 6.07) is 23.5. The van der Waals surface area contributed by atoms with Crippen LogP contribution in [0.15, 0.2) is 91.0 Å². The number of alkyl halides is 3. The van der Waals surface area contributed by atoms with Gasteiger partial charge in [0.05, 0.1) is 19.3 Å². The number of hydrogen-bond donors (Lipinski definition) is 1. The third-order valence-electron chi connectivity index (χ3n) is 6.95. The second kappa shape index (κ2) is 14.7. The summed E-state index contributed by atoms with van der Waals surface area (Å²) in [6.07, 6.45) is -11.4. The van der Waals surface area contributed by atoms with Crippen molar-refractivity contribution >= 4 is 24.1 Å². The number of hydrogen-bond acceptors (Lipinski definition) is 8. The summed E-state index contributed by atoms with van der Waals surface area (Å²) >= 11 is 0. The van der Waals surface area contributed by atoms with E-state index in [4.69, 9.17) is 18.9 Å². The fraction of sp³-hybridized carbons (Fsp3) is 0.312. The van der Waals surface area contributed by atoms with Gasteiger partial charge in [0.15, 0.2) is 6.10 Å². The summed E-state index contributed by atoms with van der Waals surface area (Å²) in [5, 5.41) is 1.56. The average molecular weight is 629 g/mol. The smallest absolute Gasteiger partial charge is 0.425 e. The first-order chi connectivity index (χ1) is 21.6. The zero-order valence-electron chi connectivity index (χ0n) is 24.2. The predicted octanol–water partition coefficient (Wildman–Crippen LogP) is 4.95. The molecule has 1 aliphatic rings. The predicted molar refractivity (Wildman–Crippen MR) is 152 cm³/mol. The van der Waals surface area contributed by atoms with Crippen molar-refractivity contribution in [1.82, 2.24) is 10.2 Å². The third kappa shape index (κ3) is 7.79. The Labute approximate surface area is 257 Å². The van der Waals surface area contributed by atoms with Crippen LogP contribution in [-0.4, -0.2) is 66.0 Å². The molecule has 0 radical (unpaired) electrons. The molecule has 1 aliphatic heterocycles. The molecule has 10 nitrogen and oxygen atoms in total. The van der Waals surface area contributed by atoms with Crippen LogP contribution in [0.4, 0.5) is 22.8 Å². The van der Waals surface area contributed by atoms with E-state index in [0.717, 1.165) is 0 Å². The molecule has 3 amide bonds. The van der Waals surface area contributed by atoms with Gasteiger partial charge in [0.1, 0.15) is 13.2 Å². The number of alkyl carbamates (subject to hydrolysis) is 1. The Morgan fingerprint density at radius 3 is 1.93 bits per heavy atom. The fourth-order valence-electron chi connectivity index (χ4n) is 4.75. The second-order valence-corrected chi connectivity index (χ2v) is 10.0. The second-order valence-electron chi connectivity index (χ2n) is 10.0. The van der Waals surface area contributed by atoms with Crippen LogP contribution in [0.1, 0.15) is 23.6 Å². The van der Waals surface area contributed by atoms with Crippen molar-refractivity contribution in [3.63, 3.8) is 0 Å². The number of ether oxygens (including phenoxy) is 4. The molecule has 1 heterocycles. The highest BCUT2D eigenvalue weighted by molar-refractivity contribution is 6.02. The number of benzene rings is 3. The molecule has 1 saturated heterocycles. The first-order valence-electron chi connectivity index (χ1n) is 14.0. The molecule has 0 saturated carbocycles. The molecule has 0 aromatic heterocycles. The number of nitrogens with one attached hydrogen (secondary N) is 1. The van der Waals surface area contributed by atoms with Gasteiger partial charge < -0.3 is 18.9 Å². The minimum Gasteiger partial charge on any atom is -0.464 e. The Balaban J connectivity index is 1.76. The van der Waals surface area contributed by atoms with E-state index >= 15 is 13.2 Å². The molecule has 3 atom stereocenters. The van der Waals surface area contributed by atoms with Gasteiger partial charge in [-0.2, -0.15) is 13.2 Å². The molecule has 1 N–H and O–H groups in total. The normalized spacial score (nSPS) is 16.7. The van der Waals surface area contributed by atoms with Gasteiger partial charge in [-0.1, -0.05) is 91.0 Å². The summed E-state index contributed by atoms with van der Waals surface area (Å²) in [7, 11) is 0. The highest BCUT2D eigenvalue weighted by Gasteiger charge is 2.71. The van der Waals surface area contributed by atoms with Crippen LogP contribution < -0.4 is 5.32 Å². The lowest BCUT2D eigenvalue weighted by Gasteiger charge is -2.39. The zero-order chi connectivity index (χ0) is 32.5. The Morgan fingerprint density at radius 1 is 0.867 bits per heavy atom. The number of esters is 1. The van der Waals surface area contributed by atoms with Crippen LogP contribution in [0.5, 0.6) is 0 Å². The highest BCUT2D eigenvalue weighted by Crippen LogP contribution is 2.38.